The van der Waals surface area contributed by atoms with Gasteiger partial charge in [0.1, 0.15) is 12.4 Å². The standard InChI is InChI=1S/C21H24ClN5O2/c1-3-8-28-19-20(27-18-7-6-13(23-2)11-17(18)22)24-12-25-21(19)29-16-9-14-4-5-15(10-16)26-14/h6-7,11-12,14-16,26H,3-5,8-10H2,1H3,(H,24,25,27). The molecular weight excluding hydrogens is 390 g/mol. The molecule has 2 fully saturated rings. The van der Waals surface area contributed by atoms with E-state index in [4.69, 9.17) is 27.6 Å². The van der Waals surface area contributed by atoms with E-state index in [0.717, 1.165) is 19.3 Å². The van der Waals surface area contributed by atoms with E-state index in [1.54, 1.807) is 18.2 Å². The highest BCUT2D eigenvalue weighted by atomic mass is 35.5. The third-order valence-corrected chi connectivity index (χ3v) is 5.58. The van der Waals surface area contributed by atoms with E-state index < -0.39 is 0 Å². The van der Waals surface area contributed by atoms with E-state index in [0.29, 0.717) is 52.5 Å². The van der Waals surface area contributed by atoms with Crippen molar-refractivity contribution in [2.45, 2.75) is 57.2 Å². The van der Waals surface area contributed by atoms with Crippen molar-refractivity contribution in [3.05, 3.63) is 41.0 Å². The van der Waals surface area contributed by atoms with Crippen LogP contribution >= 0.6 is 11.6 Å². The minimum absolute atomic E-state index is 0.113. The van der Waals surface area contributed by atoms with Crippen molar-refractivity contribution in [1.82, 2.24) is 15.3 Å². The van der Waals surface area contributed by atoms with Crippen LogP contribution in [0, 0.1) is 6.57 Å². The number of nitrogens with zero attached hydrogens (tertiary/aromatic N) is 3. The number of nitrogens with one attached hydrogen (secondary N) is 2. The van der Waals surface area contributed by atoms with Gasteiger partial charge in [-0.3, -0.25) is 0 Å². The van der Waals surface area contributed by atoms with Crippen LogP contribution in [0.1, 0.15) is 39.0 Å². The van der Waals surface area contributed by atoms with E-state index in [9.17, 15) is 0 Å². The molecule has 2 aliphatic rings. The number of rotatable bonds is 7. The van der Waals surface area contributed by atoms with E-state index in [-0.39, 0.29) is 6.10 Å². The van der Waals surface area contributed by atoms with Crippen molar-refractivity contribution in [1.29, 1.82) is 0 Å². The Balaban J connectivity index is 1.58. The SMILES string of the molecule is [C-]#[N+]c1ccc(Nc2ncnc(OC3CC4CCC(C3)N4)c2OCCC)c(Cl)c1. The molecule has 2 saturated heterocycles. The highest BCUT2D eigenvalue weighted by Crippen LogP contribution is 2.38. The molecule has 152 valence electrons. The average Bonchev–Trinajstić information content (AvgIpc) is 3.07. The van der Waals surface area contributed by atoms with Gasteiger partial charge in [-0.1, -0.05) is 24.6 Å². The topological polar surface area (TPSA) is 72.7 Å². The average molecular weight is 414 g/mol. The summed E-state index contributed by atoms with van der Waals surface area (Å²) in [5.41, 5.74) is 1.13. The van der Waals surface area contributed by atoms with Crippen LogP contribution in [0.15, 0.2) is 24.5 Å². The van der Waals surface area contributed by atoms with Gasteiger partial charge in [-0.15, -0.1) is 0 Å². The summed E-state index contributed by atoms with van der Waals surface area (Å²) in [6.07, 6.45) is 6.79. The minimum Gasteiger partial charge on any atom is -0.485 e. The number of hydrogen-bond donors (Lipinski definition) is 2. The molecule has 3 heterocycles. The summed E-state index contributed by atoms with van der Waals surface area (Å²) in [5.74, 6) is 1.44. The number of hydrogen-bond acceptors (Lipinski definition) is 6. The molecule has 2 aromatic rings. The van der Waals surface area contributed by atoms with E-state index in [2.05, 4.69) is 25.4 Å². The molecule has 4 rings (SSSR count). The first kappa shape index (κ1) is 19.7. The molecule has 8 heteroatoms. The van der Waals surface area contributed by atoms with Crippen LogP contribution in [-0.4, -0.2) is 34.8 Å². The number of fused-ring (bicyclic) bond motifs is 2. The molecule has 0 spiro atoms. The van der Waals surface area contributed by atoms with Crippen molar-refractivity contribution < 1.29 is 9.47 Å². The molecule has 0 amide bonds. The molecule has 1 aromatic heterocycles. The lowest BCUT2D eigenvalue weighted by atomic mass is 10.0. The summed E-state index contributed by atoms with van der Waals surface area (Å²) in [7, 11) is 0. The van der Waals surface area contributed by atoms with Gasteiger partial charge in [0, 0.05) is 12.1 Å². The Kier molecular flexibility index (Phi) is 6.02. The Morgan fingerprint density at radius 3 is 2.76 bits per heavy atom. The fourth-order valence-electron chi connectivity index (χ4n) is 3.93. The fraction of sp³-hybridized carbons (Fsp3) is 0.476. The molecule has 2 aliphatic heterocycles. The van der Waals surface area contributed by atoms with E-state index in [1.165, 1.54) is 19.2 Å². The quantitative estimate of drug-likeness (QED) is 0.630. The van der Waals surface area contributed by atoms with Gasteiger partial charge in [0.2, 0.25) is 5.75 Å². The first-order valence-electron chi connectivity index (χ1n) is 10.0. The monoisotopic (exact) mass is 413 g/mol. The van der Waals surface area contributed by atoms with Gasteiger partial charge in [-0.05, 0) is 44.2 Å². The van der Waals surface area contributed by atoms with Gasteiger partial charge < -0.3 is 20.1 Å². The number of halogens is 1. The van der Waals surface area contributed by atoms with Gasteiger partial charge in [0.15, 0.2) is 11.5 Å². The lowest BCUT2D eigenvalue weighted by Crippen LogP contribution is -2.42. The van der Waals surface area contributed by atoms with Crippen molar-refractivity contribution >= 4 is 28.8 Å². The maximum Gasteiger partial charge on any atom is 0.262 e. The predicted octanol–water partition coefficient (Wildman–Crippen LogP) is 4.87. The summed E-state index contributed by atoms with van der Waals surface area (Å²) in [6.45, 7) is 9.68. The number of benzene rings is 1. The zero-order valence-electron chi connectivity index (χ0n) is 16.3. The summed E-state index contributed by atoms with van der Waals surface area (Å²) < 4.78 is 12.2. The zero-order chi connectivity index (χ0) is 20.2. The fourth-order valence-corrected chi connectivity index (χ4v) is 4.15. The Morgan fingerprint density at radius 1 is 1.28 bits per heavy atom. The van der Waals surface area contributed by atoms with E-state index in [1.807, 2.05) is 6.92 Å². The van der Waals surface area contributed by atoms with Crippen molar-refractivity contribution in [3.8, 4) is 11.6 Å². The number of ether oxygens (including phenoxy) is 2. The van der Waals surface area contributed by atoms with E-state index >= 15 is 0 Å². The van der Waals surface area contributed by atoms with Gasteiger partial charge in [0.05, 0.1) is 23.9 Å². The normalized spacial score (nSPS) is 22.7. The molecule has 1 aromatic carbocycles. The number of anilines is 2. The van der Waals surface area contributed by atoms with Crippen LogP contribution in [0.3, 0.4) is 0 Å². The summed E-state index contributed by atoms with van der Waals surface area (Å²) in [6, 6.07) is 6.13. The molecule has 2 N–H and O–H groups in total. The van der Waals surface area contributed by atoms with Gasteiger partial charge >= 0.3 is 0 Å². The Hall–Kier alpha value is -2.56. The molecule has 0 aliphatic carbocycles. The highest BCUT2D eigenvalue weighted by molar-refractivity contribution is 6.33. The second kappa shape index (κ2) is 8.85. The Bertz CT molecular complexity index is 904. The molecule has 29 heavy (non-hydrogen) atoms. The smallest absolute Gasteiger partial charge is 0.262 e. The number of piperidine rings is 1. The largest absolute Gasteiger partial charge is 0.485 e. The molecule has 2 unspecified atom stereocenters. The second-order valence-corrected chi connectivity index (χ2v) is 7.86. The summed E-state index contributed by atoms with van der Waals surface area (Å²) in [5, 5.41) is 7.27. The maximum absolute atomic E-state index is 7.11. The molecule has 0 radical (unpaired) electrons. The van der Waals surface area contributed by atoms with Crippen molar-refractivity contribution in [2.75, 3.05) is 11.9 Å². The number of aromatic nitrogens is 2. The van der Waals surface area contributed by atoms with Gasteiger partial charge in [0.25, 0.3) is 5.88 Å². The predicted molar refractivity (Wildman–Crippen MR) is 112 cm³/mol. The van der Waals surface area contributed by atoms with Gasteiger partial charge in [-0.25, -0.2) is 9.83 Å². The summed E-state index contributed by atoms with van der Waals surface area (Å²) >= 11 is 6.32. The van der Waals surface area contributed by atoms with Crippen LogP contribution in [0.25, 0.3) is 4.85 Å². The maximum atomic E-state index is 7.11. The van der Waals surface area contributed by atoms with Gasteiger partial charge in [-0.2, -0.15) is 4.98 Å². The van der Waals surface area contributed by atoms with Crippen molar-refractivity contribution in [3.63, 3.8) is 0 Å². The first-order chi connectivity index (χ1) is 14.2. The Labute approximate surface area is 175 Å². The third kappa shape index (κ3) is 4.55. The highest BCUT2D eigenvalue weighted by Gasteiger charge is 2.35. The van der Waals surface area contributed by atoms with Crippen LogP contribution in [-0.2, 0) is 0 Å². The lowest BCUT2D eigenvalue weighted by molar-refractivity contribution is 0.125. The van der Waals surface area contributed by atoms with Crippen molar-refractivity contribution in [2.24, 2.45) is 0 Å². The molecule has 2 bridgehead atoms. The third-order valence-electron chi connectivity index (χ3n) is 5.26. The molecule has 0 saturated carbocycles. The van der Waals surface area contributed by atoms with Crippen LogP contribution in [0.5, 0.6) is 11.6 Å². The first-order valence-corrected chi connectivity index (χ1v) is 10.4. The van der Waals surface area contributed by atoms with Crippen LogP contribution < -0.4 is 20.1 Å². The second-order valence-electron chi connectivity index (χ2n) is 7.46. The van der Waals surface area contributed by atoms with Crippen LogP contribution in [0.4, 0.5) is 17.2 Å². The molecule has 2 atom stereocenters. The summed E-state index contributed by atoms with van der Waals surface area (Å²) in [4.78, 5) is 12.1. The Morgan fingerprint density at radius 2 is 2.07 bits per heavy atom. The molecular formula is C21H24ClN5O2. The lowest BCUT2D eigenvalue weighted by Gasteiger charge is -2.29. The molecule has 7 nitrogen and oxygen atoms in total. The zero-order valence-corrected chi connectivity index (χ0v) is 17.1. The van der Waals surface area contributed by atoms with Crippen LogP contribution in [0.2, 0.25) is 5.02 Å². The minimum atomic E-state index is 0.113.